The molecule has 1 N–H and O–H groups in total. The molecule has 0 saturated heterocycles. The van der Waals surface area contributed by atoms with Gasteiger partial charge in [0.2, 0.25) is 0 Å². The molecule has 2 rings (SSSR count). The second kappa shape index (κ2) is 3.48. The minimum absolute atomic E-state index is 0.436. The highest BCUT2D eigenvalue weighted by molar-refractivity contribution is 5.01. The molecule has 0 aromatic carbocycles. The van der Waals surface area contributed by atoms with Gasteiger partial charge in [0.15, 0.2) is 5.82 Å². The Bertz CT molecular complexity index is 271. The number of hydrogen-bond acceptors (Lipinski definition) is 2. The summed E-state index contributed by atoms with van der Waals surface area (Å²) < 4.78 is 0. The van der Waals surface area contributed by atoms with Crippen molar-refractivity contribution in [1.82, 2.24) is 15.2 Å². The van der Waals surface area contributed by atoms with Crippen LogP contribution in [0, 0.1) is 0 Å². The van der Waals surface area contributed by atoms with E-state index in [1.807, 2.05) is 0 Å². The molecule has 0 atom stereocenters. The first-order valence-electron chi connectivity index (χ1n) is 5.19. The number of aromatic amines is 1. The van der Waals surface area contributed by atoms with Crippen molar-refractivity contribution in [3.8, 4) is 0 Å². The highest BCUT2D eigenvalue weighted by atomic mass is 15.2. The molecule has 1 aromatic rings. The van der Waals surface area contributed by atoms with Crippen LogP contribution in [0.5, 0.6) is 0 Å². The Kier molecular flexibility index (Phi) is 2.34. The van der Waals surface area contributed by atoms with Crippen molar-refractivity contribution in [3.63, 3.8) is 0 Å². The summed E-state index contributed by atoms with van der Waals surface area (Å²) in [7, 11) is 0. The van der Waals surface area contributed by atoms with Crippen LogP contribution in [0.25, 0.3) is 0 Å². The Balaban J connectivity index is 2.12. The van der Waals surface area contributed by atoms with Crippen molar-refractivity contribution in [3.05, 3.63) is 11.6 Å². The van der Waals surface area contributed by atoms with Gasteiger partial charge in [-0.3, -0.25) is 5.10 Å². The van der Waals surface area contributed by atoms with Gasteiger partial charge in [-0.1, -0.05) is 26.7 Å². The summed E-state index contributed by atoms with van der Waals surface area (Å²) in [6, 6.07) is 0. The third kappa shape index (κ3) is 1.74. The molecule has 1 aliphatic rings. The van der Waals surface area contributed by atoms with Crippen LogP contribution in [0.2, 0.25) is 0 Å². The average molecular weight is 179 g/mol. The molecule has 3 nitrogen and oxygen atoms in total. The van der Waals surface area contributed by atoms with Gasteiger partial charge in [-0.15, -0.1) is 0 Å². The SMILES string of the molecule is CC(C)c1n[nH]c(C2CCCC2)n1. The van der Waals surface area contributed by atoms with Crippen molar-refractivity contribution in [2.24, 2.45) is 0 Å². The van der Waals surface area contributed by atoms with Gasteiger partial charge in [-0.05, 0) is 12.8 Å². The molecule has 0 unspecified atom stereocenters. The van der Waals surface area contributed by atoms with E-state index in [0.29, 0.717) is 11.8 Å². The number of nitrogens with zero attached hydrogens (tertiary/aromatic N) is 2. The van der Waals surface area contributed by atoms with Crippen LogP contribution in [-0.4, -0.2) is 15.2 Å². The summed E-state index contributed by atoms with van der Waals surface area (Å²) in [6.45, 7) is 4.25. The first-order valence-corrected chi connectivity index (χ1v) is 5.19. The Labute approximate surface area is 79.0 Å². The molecule has 0 spiro atoms. The molecule has 13 heavy (non-hydrogen) atoms. The maximum atomic E-state index is 4.53. The number of H-pyrrole nitrogens is 1. The maximum Gasteiger partial charge on any atom is 0.153 e. The van der Waals surface area contributed by atoms with Gasteiger partial charge in [-0.2, -0.15) is 5.10 Å². The fourth-order valence-electron chi connectivity index (χ4n) is 1.93. The van der Waals surface area contributed by atoms with E-state index in [0.717, 1.165) is 11.6 Å². The van der Waals surface area contributed by atoms with E-state index in [1.165, 1.54) is 25.7 Å². The van der Waals surface area contributed by atoms with Gasteiger partial charge in [0.25, 0.3) is 0 Å². The summed E-state index contributed by atoms with van der Waals surface area (Å²) in [5, 5.41) is 7.29. The van der Waals surface area contributed by atoms with Gasteiger partial charge in [0.1, 0.15) is 5.82 Å². The molecule has 72 valence electrons. The molecule has 3 heteroatoms. The van der Waals surface area contributed by atoms with Gasteiger partial charge in [-0.25, -0.2) is 4.98 Å². The summed E-state index contributed by atoms with van der Waals surface area (Å²) in [6.07, 6.45) is 5.27. The number of hydrogen-bond donors (Lipinski definition) is 1. The Hall–Kier alpha value is -0.860. The second-order valence-electron chi connectivity index (χ2n) is 4.21. The molecule has 1 saturated carbocycles. The van der Waals surface area contributed by atoms with E-state index < -0.39 is 0 Å². The van der Waals surface area contributed by atoms with Crippen molar-refractivity contribution < 1.29 is 0 Å². The lowest BCUT2D eigenvalue weighted by Crippen LogP contribution is -1.95. The topological polar surface area (TPSA) is 41.6 Å². The Morgan fingerprint density at radius 2 is 2.00 bits per heavy atom. The van der Waals surface area contributed by atoms with Crippen LogP contribution in [0.15, 0.2) is 0 Å². The highest BCUT2D eigenvalue weighted by Crippen LogP contribution is 2.32. The van der Waals surface area contributed by atoms with Crippen molar-refractivity contribution >= 4 is 0 Å². The largest absolute Gasteiger partial charge is 0.263 e. The minimum atomic E-state index is 0.436. The summed E-state index contributed by atoms with van der Waals surface area (Å²) in [5.41, 5.74) is 0. The van der Waals surface area contributed by atoms with Gasteiger partial charge >= 0.3 is 0 Å². The molecule has 0 radical (unpaired) electrons. The van der Waals surface area contributed by atoms with Crippen LogP contribution < -0.4 is 0 Å². The van der Waals surface area contributed by atoms with Crippen LogP contribution in [0.4, 0.5) is 0 Å². The van der Waals surface area contributed by atoms with Crippen LogP contribution >= 0.6 is 0 Å². The molecule has 1 heterocycles. The second-order valence-corrected chi connectivity index (χ2v) is 4.21. The number of aromatic nitrogens is 3. The van der Waals surface area contributed by atoms with Crippen LogP contribution in [0.3, 0.4) is 0 Å². The van der Waals surface area contributed by atoms with E-state index in [-0.39, 0.29) is 0 Å². The zero-order chi connectivity index (χ0) is 9.26. The number of nitrogens with one attached hydrogen (secondary N) is 1. The molecular weight excluding hydrogens is 162 g/mol. The number of rotatable bonds is 2. The maximum absolute atomic E-state index is 4.53. The quantitative estimate of drug-likeness (QED) is 0.758. The predicted octanol–water partition coefficient (Wildman–Crippen LogP) is 2.59. The Morgan fingerprint density at radius 3 is 2.54 bits per heavy atom. The van der Waals surface area contributed by atoms with Crippen LogP contribution in [-0.2, 0) is 0 Å². The van der Waals surface area contributed by atoms with E-state index in [2.05, 4.69) is 29.0 Å². The smallest absolute Gasteiger partial charge is 0.153 e. The van der Waals surface area contributed by atoms with Crippen LogP contribution in [0.1, 0.15) is 63.0 Å². The van der Waals surface area contributed by atoms with E-state index >= 15 is 0 Å². The molecule has 1 aliphatic carbocycles. The fraction of sp³-hybridized carbons (Fsp3) is 0.800. The summed E-state index contributed by atoms with van der Waals surface area (Å²) in [4.78, 5) is 4.53. The third-order valence-electron chi connectivity index (χ3n) is 2.78. The van der Waals surface area contributed by atoms with Crippen molar-refractivity contribution in [1.29, 1.82) is 0 Å². The van der Waals surface area contributed by atoms with E-state index in [1.54, 1.807) is 0 Å². The molecule has 1 fully saturated rings. The molecule has 0 aliphatic heterocycles. The lowest BCUT2D eigenvalue weighted by atomic mass is 10.1. The zero-order valence-corrected chi connectivity index (χ0v) is 8.38. The molecular formula is C10H17N3. The first-order chi connectivity index (χ1) is 6.27. The molecule has 1 aromatic heterocycles. The van der Waals surface area contributed by atoms with Crippen molar-refractivity contribution in [2.75, 3.05) is 0 Å². The van der Waals surface area contributed by atoms with Crippen molar-refractivity contribution in [2.45, 2.75) is 51.4 Å². The van der Waals surface area contributed by atoms with Gasteiger partial charge in [0, 0.05) is 11.8 Å². The van der Waals surface area contributed by atoms with E-state index in [9.17, 15) is 0 Å². The zero-order valence-electron chi connectivity index (χ0n) is 8.38. The Morgan fingerprint density at radius 1 is 1.31 bits per heavy atom. The summed E-state index contributed by atoms with van der Waals surface area (Å²) >= 11 is 0. The van der Waals surface area contributed by atoms with E-state index in [4.69, 9.17) is 0 Å². The summed E-state index contributed by atoms with van der Waals surface area (Å²) in [5.74, 6) is 3.16. The molecule has 0 bridgehead atoms. The highest BCUT2D eigenvalue weighted by Gasteiger charge is 2.20. The molecule has 0 amide bonds. The fourth-order valence-corrected chi connectivity index (χ4v) is 1.93. The first kappa shape index (κ1) is 8.73. The standard InChI is InChI=1S/C10H17N3/c1-7(2)9-11-10(13-12-9)8-5-3-4-6-8/h7-8H,3-6H2,1-2H3,(H,11,12,13). The predicted molar refractivity (Wildman–Crippen MR) is 51.7 cm³/mol. The van der Waals surface area contributed by atoms with Gasteiger partial charge in [0.05, 0.1) is 0 Å². The lowest BCUT2D eigenvalue weighted by Gasteiger charge is -2.02. The normalized spacial score (nSPS) is 18.7. The monoisotopic (exact) mass is 179 g/mol. The van der Waals surface area contributed by atoms with Gasteiger partial charge < -0.3 is 0 Å². The third-order valence-corrected chi connectivity index (χ3v) is 2.78. The lowest BCUT2D eigenvalue weighted by molar-refractivity contribution is 0.670. The average Bonchev–Trinajstić information content (AvgIpc) is 2.75. The minimum Gasteiger partial charge on any atom is -0.263 e.